The van der Waals surface area contributed by atoms with Gasteiger partial charge in [-0.1, -0.05) is 30.0 Å². The van der Waals surface area contributed by atoms with Crippen molar-refractivity contribution < 1.29 is 32.7 Å². The van der Waals surface area contributed by atoms with Gasteiger partial charge in [-0.3, -0.25) is 0 Å². The quantitative estimate of drug-likeness (QED) is 0.712. The molecule has 2 heterocycles. The number of fused-ring (bicyclic) bond motifs is 1. The van der Waals surface area contributed by atoms with E-state index >= 15 is 0 Å². The Kier molecular flexibility index (Phi) is 5.63. The topological polar surface area (TPSA) is 58.9 Å². The second-order valence-electron chi connectivity index (χ2n) is 4.87. The maximum Gasteiger partial charge on any atom is 0.164 e. The fraction of sp³-hybridized carbons (Fsp3) is 0.286. The van der Waals surface area contributed by atoms with Crippen molar-refractivity contribution in [1.29, 1.82) is 0 Å². The van der Waals surface area contributed by atoms with Gasteiger partial charge in [0, 0.05) is 43.6 Å². The second kappa shape index (κ2) is 7.07. The molecule has 2 aromatic heterocycles. The number of hydrogen-bond acceptors (Lipinski definition) is 4. The number of nitrogens with one attached hydrogen (secondary N) is 1. The largest absolute Gasteiger partial charge is 0.589 e. The van der Waals surface area contributed by atoms with Crippen LogP contribution in [0, 0.1) is 6.92 Å². The molecular weight excluding hydrogens is 359 g/mol. The van der Waals surface area contributed by atoms with Crippen molar-refractivity contribution >= 4 is 22.2 Å². The van der Waals surface area contributed by atoms with E-state index in [0.717, 1.165) is 21.2 Å². The van der Waals surface area contributed by atoms with Crippen molar-refractivity contribution in [3.8, 4) is 10.7 Å². The molecular formula is C14H16N5SY-. The molecule has 21 heavy (non-hydrogen) atoms. The third-order valence-corrected chi connectivity index (χ3v) is 4.01. The van der Waals surface area contributed by atoms with E-state index in [4.69, 9.17) is 0 Å². The van der Waals surface area contributed by atoms with Crippen LogP contribution < -0.4 is 0 Å². The van der Waals surface area contributed by atoms with Crippen molar-refractivity contribution in [3.05, 3.63) is 40.3 Å². The van der Waals surface area contributed by atoms with E-state index in [-0.39, 0.29) is 32.7 Å². The molecule has 1 radical (unpaired) electrons. The third kappa shape index (κ3) is 3.76. The van der Waals surface area contributed by atoms with Crippen LogP contribution in [0.4, 0.5) is 0 Å². The van der Waals surface area contributed by atoms with Crippen LogP contribution in [0.2, 0.25) is 0 Å². The smallest absolute Gasteiger partial charge is 0.164 e. The van der Waals surface area contributed by atoms with E-state index in [0.29, 0.717) is 6.54 Å². The number of aryl methyl sites for hydroxylation is 1. The summed E-state index contributed by atoms with van der Waals surface area (Å²) >= 11 is 1.58. The molecule has 0 spiro atoms. The van der Waals surface area contributed by atoms with E-state index in [9.17, 15) is 0 Å². The molecule has 0 saturated heterocycles. The molecule has 0 aliphatic carbocycles. The first-order valence-electron chi connectivity index (χ1n) is 6.39. The molecule has 5 nitrogen and oxygen atoms in total. The summed E-state index contributed by atoms with van der Waals surface area (Å²) in [7, 11) is 3.81. The maximum atomic E-state index is 4.29. The van der Waals surface area contributed by atoms with Gasteiger partial charge in [-0.25, -0.2) is 0 Å². The zero-order chi connectivity index (χ0) is 14.1. The van der Waals surface area contributed by atoms with E-state index in [2.05, 4.69) is 51.8 Å². The van der Waals surface area contributed by atoms with Gasteiger partial charge in [0.25, 0.3) is 0 Å². The molecule has 0 atom stereocenters. The van der Waals surface area contributed by atoms with Crippen LogP contribution in [0.1, 0.15) is 10.6 Å². The summed E-state index contributed by atoms with van der Waals surface area (Å²) in [6, 6.07) is 8.38. The molecule has 0 unspecified atom stereocenters. The Morgan fingerprint density at radius 1 is 1.29 bits per heavy atom. The average molecular weight is 375 g/mol. The SMILES string of the molecule is Cc1cccc2[nH]c(-c3nnc(C[N-]N(C)C)s3)cc12.[Y]. The zero-order valence-corrected chi connectivity index (χ0v) is 15.9. The third-order valence-electron chi connectivity index (χ3n) is 3.07. The fourth-order valence-corrected chi connectivity index (χ4v) is 2.78. The van der Waals surface area contributed by atoms with Gasteiger partial charge >= 0.3 is 0 Å². The molecule has 3 rings (SSSR count). The number of aromatic nitrogens is 3. The number of benzene rings is 1. The molecule has 1 aromatic carbocycles. The first-order chi connectivity index (χ1) is 9.63. The van der Waals surface area contributed by atoms with Crippen molar-refractivity contribution in [2.24, 2.45) is 0 Å². The predicted molar refractivity (Wildman–Crippen MR) is 82.7 cm³/mol. The predicted octanol–water partition coefficient (Wildman–Crippen LogP) is 3.34. The minimum Gasteiger partial charge on any atom is -0.589 e. The van der Waals surface area contributed by atoms with Crippen molar-refractivity contribution in [2.75, 3.05) is 14.1 Å². The van der Waals surface area contributed by atoms with Crippen LogP contribution in [0.25, 0.3) is 27.0 Å². The molecule has 7 heteroatoms. The van der Waals surface area contributed by atoms with Crippen LogP contribution in [-0.2, 0) is 39.3 Å². The molecule has 0 fully saturated rings. The molecule has 3 aromatic rings. The van der Waals surface area contributed by atoms with Crippen LogP contribution in [0.15, 0.2) is 24.3 Å². The van der Waals surface area contributed by atoms with Crippen LogP contribution in [0.3, 0.4) is 0 Å². The van der Waals surface area contributed by atoms with E-state index in [1.807, 2.05) is 14.1 Å². The molecule has 1 N–H and O–H groups in total. The second-order valence-corrected chi connectivity index (χ2v) is 5.93. The van der Waals surface area contributed by atoms with Gasteiger partial charge in [0.05, 0.1) is 10.7 Å². The van der Waals surface area contributed by atoms with Gasteiger partial charge in [0.15, 0.2) is 5.01 Å². The van der Waals surface area contributed by atoms with Crippen LogP contribution in [-0.4, -0.2) is 34.3 Å². The Hall–Kier alpha value is -0.656. The number of aromatic amines is 1. The minimum absolute atomic E-state index is 0. The van der Waals surface area contributed by atoms with E-state index in [1.54, 1.807) is 16.3 Å². The normalized spacial score (nSPS) is 11.0. The summed E-state index contributed by atoms with van der Waals surface area (Å²) in [5, 5.41) is 13.3. The summed E-state index contributed by atoms with van der Waals surface area (Å²) < 4.78 is 0. The Labute approximate surface area is 153 Å². The first-order valence-corrected chi connectivity index (χ1v) is 7.21. The minimum atomic E-state index is 0. The molecule has 0 amide bonds. The van der Waals surface area contributed by atoms with Gasteiger partial charge in [0.2, 0.25) is 0 Å². The fourth-order valence-electron chi connectivity index (χ4n) is 2.05. The number of nitrogens with zero attached hydrogens (tertiary/aromatic N) is 4. The van der Waals surface area contributed by atoms with Crippen LogP contribution >= 0.6 is 11.3 Å². The Morgan fingerprint density at radius 3 is 2.81 bits per heavy atom. The maximum absolute atomic E-state index is 4.29. The molecule has 0 aliphatic heterocycles. The van der Waals surface area contributed by atoms with Crippen LogP contribution in [0.5, 0.6) is 0 Å². The van der Waals surface area contributed by atoms with Gasteiger partial charge in [-0.2, -0.15) is 0 Å². The Morgan fingerprint density at radius 2 is 2.10 bits per heavy atom. The van der Waals surface area contributed by atoms with Crippen molar-refractivity contribution in [2.45, 2.75) is 13.5 Å². The van der Waals surface area contributed by atoms with Gasteiger partial charge < -0.3 is 15.4 Å². The van der Waals surface area contributed by atoms with E-state index < -0.39 is 0 Å². The van der Waals surface area contributed by atoms with E-state index in [1.165, 1.54) is 10.9 Å². The molecule has 107 valence electrons. The molecule has 0 aliphatic rings. The summed E-state index contributed by atoms with van der Waals surface area (Å²) in [4.78, 5) is 3.40. The first kappa shape index (κ1) is 16.7. The monoisotopic (exact) mass is 375 g/mol. The number of hydrogen-bond donors (Lipinski definition) is 1. The Balaban J connectivity index is 0.00000161. The van der Waals surface area contributed by atoms with Gasteiger partial charge in [-0.15, -0.1) is 10.2 Å². The summed E-state index contributed by atoms with van der Waals surface area (Å²) in [6.07, 6.45) is 0. The summed E-state index contributed by atoms with van der Waals surface area (Å²) in [5.41, 5.74) is 7.70. The molecule has 0 bridgehead atoms. The van der Waals surface area contributed by atoms with Gasteiger partial charge in [-0.05, 0) is 38.7 Å². The zero-order valence-electron chi connectivity index (χ0n) is 12.3. The number of H-pyrrole nitrogens is 1. The molecule has 0 saturated carbocycles. The summed E-state index contributed by atoms with van der Waals surface area (Å²) in [6.45, 7) is 2.69. The van der Waals surface area contributed by atoms with Crippen molar-refractivity contribution in [1.82, 2.24) is 20.2 Å². The number of rotatable bonds is 4. The standard InChI is InChI=1S/C14H16N5S.Y/c1-9-5-4-6-11-10(9)7-12(16-11)14-18-17-13(20-14)8-15-19(2)3;/h4-7,16H,8H2,1-3H3;/q-1;. The van der Waals surface area contributed by atoms with Gasteiger partial charge in [0.1, 0.15) is 0 Å². The summed E-state index contributed by atoms with van der Waals surface area (Å²) in [5.74, 6) is 0. The Bertz CT molecular complexity index is 734. The van der Waals surface area contributed by atoms with Crippen molar-refractivity contribution in [3.63, 3.8) is 0 Å². The average Bonchev–Trinajstić information content (AvgIpc) is 3.03.